The molecule has 1 aromatic heterocycles. The molecule has 0 aromatic carbocycles. The quantitative estimate of drug-likeness (QED) is 0.469. The van der Waals surface area contributed by atoms with Crippen LogP contribution in [0.4, 0.5) is 0 Å². The van der Waals surface area contributed by atoms with E-state index in [0.29, 0.717) is 0 Å². The monoisotopic (exact) mass is 168 g/mol. The number of rotatable bonds is 0. The minimum absolute atomic E-state index is 1.43. The second-order valence-electron chi connectivity index (χ2n) is 2.68. The molecular weight excluding hydrogens is 160 g/mol. The van der Waals surface area contributed by atoms with Crippen molar-refractivity contribution in [3.05, 3.63) is 43.0 Å². The van der Waals surface area contributed by atoms with Crippen LogP contribution in [0.1, 0.15) is 0 Å². The van der Waals surface area contributed by atoms with Gasteiger partial charge in [-0.25, -0.2) is 4.98 Å². The Hall–Kier alpha value is -2.01. The molecule has 0 aliphatic heterocycles. The van der Waals surface area contributed by atoms with Gasteiger partial charge in [0.05, 0.1) is 0 Å². The van der Waals surface area contributed by atoms with E-state index < -0.39 is 0 Å². The molecule has 0 bridgehead atoms. The number of fused-ring (bicyclic) bond motifs is 1. The van der Waals surface area contributed by atoms with Gasteiger partial charge in [-0.15, -0.1) is 0 Å². The van der Waals surface area contributed by atoms with Crippen LogP contribution in [0.25, 0.3) is 11.1 Å². The van der Waals surface area contributed by atoms with E-state index in [9.17, 15) is 0 Å². The summed E-state index contributed by atoms with van der Waals surface area (Å²) in [7, 11) is 0. The van der Waals surface area contributed by atoms with E-state index in [1.54, 1.807) is 23.3 Å². The molecule has 2 aliphatic rings. The van der Waals surface area contributed by atoms with Crippen molar-refractivity contribution in [3.8, 4) is 23.6 Å². The van der Waals surface area contributed by atoms with Gasteiger partial charge in [0.15, 0.2) is 0 Å². The van der Waals surface area contributed by atoms with E-state index in [-0.39, 0.29) is 0 Å². The average molecular weight is 168 g/mol. The van der Waals surface area contributed by atoms with Crippen molar-refractivity contribution in [2.45, 2.75) is 0 Å². The molecule has 2 aliphatic carbocycles. The lowest BCUT2D eigenvalue weighted by atomic mass is 9.95. The van der Waals surface area contributed by atoms with Crippen LogP contribution >= 0.6 is 0 Å². The summed E-state index contributed by atoms with van der Waals surface area (Å²) in [6.45, 7) is 0. The van der Waals surface area contributed by atoms with Gasteiger partial charge in [0.25, 0.3) is 0 Å². The van der Waals surface area contributed by atoms with Crippen molar-refractivity contribution in [3.63, 3.8) is 0 Å². The van der Waals surface area contributed by atoms with Crippen molar-refractivity contribution in [1.29, 1.82) is 0 Å². The maximum atomic E-state index is 4.97. The van der Waals surface area contributed by atoms with E-state index >= 15 is 0 Å². The Morgan fingerprint density at radius 1 is 1.15 bits per heavy atom. The van der Waals surface area contributed by atoms with Crippen LogP contribution in [-0.4, -0.2) is 9.55 Å². The number of hydrogen-bond donors (Lipinski definition) is 0. The lowest BCUT2D eigenvalue weighted by molar-refractivity contribution is 1.12. The van der Waals surface area contributed by atoms with Gasteiger partial charge in [-0.05, 0) is 11.1 Å². The zero-order valence-corrected chi connectivity index (χ0v) is 7.01. The molecule has 62 valence electrons. The predicted molar refractivity (Wildman–Crippen MR) is 51.9 cm³/mol. The first-order valence-corrected chi connectivity index (χ1v) is 3.95. The predicted octanol–water partition coefficient (Wildman–Crippen LogP) is 1.99. The lowest BCUT2D eigenvalue weighted by Crippen LogP contribution is -1.85. The van der Waals surface area contributed by atoms with Gasteiger partial charge in [0.2, 0.25) is 0 Å². The molecule has 0 N–H and O–H groups in total. The van der Waals surface area contributed by atoms with Gasteiger partial charge in [-0.2, -0.15) is 0 Å². The molecule has 0 atom stereocenters. The summed E-state index contributed by atoms with van der Waals surface area (Å²) in [6.07, 6.45) is 9.88. The molecule has 0 unspecified atom stereocenters. The fraction of sp³-hybridized carbons (Fsp3) is 0. The molecule has 0 radical (unpaired) electrons. The molecule has 2 heteroatoms. The Labute approximate surface area is 76.9 Å². The largest absolute Gasteiger partial charge is 0.265 e. The highest BCUT2D eigenvalue weighted by Gasteiger charge is 2.03. The molecule has 0 saturated carbocycles. The molecule has 0 spiro atoms. The normalized spacial score (nSPS) is 9.46. The van der Waals surface area contributed by atoms with Crippen molar-refractivity contribution >= 4 is 0 Å². The average Bonchev–Trinajstić information content (AvgIpc) is 2.64. The summed E-state index contributed by atoms with van der Waals surface area (Å²) < 4.78 is 1.54. The van der Waals surface area contributed by atoms with Crippen LogP contribution in [0.15, 0.2) is 43.0 Å². The van der Waals surface area contributed by atoms with Crippen LogP contribution < -0.4 is 0 Å². The smallest absolute Gasteiger partial charge is 0.106 e. The minimum atomic E-state index is 1.43. The molecule has 0 fully saturated rings. The maximum absolute atomic E-state index is 4.97. The van der Waals surface area contributed by atoms with Crippen molar-refractivity contribution < 1.29 is 0 Å². The van der Waals surface area contributed by atoms with Gasteiger partial charge >= 0.3 is 0 Å². The standard InChI is InChI=1S/C6H4.C5H4N2/c1-2-6-4-3-5(1)6;1-2-7-4-3-6-5-7/h1-4H;1,3-5H. The van der Waals surface area contributed by atoms with Gasteiger partial charge in [0, 0.05) is 18.4 Å². The highest BCUT2D eigenvalue weighted by molar-refractivity contribution is 5.75. The van der Waals surface area contributed by atoms with Gasteiger partial charge in [-0.1, -0.05) is 30.7 Å². The Balaban J connectivity index is 0.000000101. The summed E-state index contributed by atoms with van der Waals surface area (Å²) in [5.74, 6) is 0. The first-order chi connectivity index (χ1) is 6.40. The second-order valence-corrected chi connectivity index (χ2v) is 2.68. The first kappa shape index (κ1) is 7.63. The Bertz CT molecular complexity index is 397. The molecule has 2 nitrogen and oxygen atoms in total. The number of imidazole rings is 1. The van der Waals surface area contributed by atoms with Crippen LogP contribution in [0.5, 0.6) is 0 Å². The van der Waals surface area contributed by atoms with Crippen molar-refractivity contribution in [2.24, 2.45) is 0 Å². The van der Waals surface area contributed by atoms with Crippen molar-refractivity contribution in [2.75, 3.05) is 0 Å². The van der Waals surface area contributed by atoms with Gasteiger partial charge in [-0.3, -0.25) is 4.57 Å². The SMILES string of the molecule is C#Cn1ccnc1.c1cc2ccc1-2. The lowest BCUT2D eigenvalue weighted by Gasteiger charge is -2.10. The zero-order chi connectivity index (χ0) is 9.10. The topological polar surface area (TPSA) is 17.8 Å². The van der Waals surface area contributed by atoms with E-state index in [4.69, 9.17) is 6.42 Å². The van der Waals surface area contributed by atoms with E-state index in [2.05, 4.69) is 35.3 Å². The summed E-state index contributed by atoms with van der Waals surface area (Å²) in [5.41, 5.74) is 2.85. The van der Waals surface area contributed by atoms with E-state index in [1.165, 1.54) is 11.1 Å². The first-order valence-electron chi connectivity index (χ1n) is 3.95. The number of aromatic nitrogens is 2. The summed E-state index contributed by atoms with van der Waals surface area (Å²) in [5, 5.41) is 0. The molecule has 0 saturated heterocycles. The molecule has 0 amide bonds. The minimum Gasteiger partial charge on any atom is -0.265 e. The fourth-order valence-electron chi connectivity index (χ4n) is 0.998. The highest BCUT2D eigenvalue weighted by atomic mass is 15.0. The van der Waals surface area contributed by atoms with E-state index in [1.807, 2.05) is 0 Å². The zero-order valence-electron chi connectivity index (χ0n) is 7.01. The number of nitrogens with zero attached hydrogens (tertiary/aromatic N) is 2. The fourth-order valence-corrected chi connectivity index (χ4v) is 0.998. The van der Waals surface area contributed by atoms with Crippen LogP contribution in [0.2, 0.25) is 0 Å². The number of benzene rings is 1. The number of hydrogen-bond acceptors (Lipinski definition) is 1. The molecule has 1 aromatic rings. The third-order valence-electron chi connectivity index (χ3n) is 1.87. The second kappa shape index (κ2) is 3.16. The molecule has 3 rings (SSSR count). The van der Waals surface area contributed by atoms with E-state index in [0.717, 1.165) is 0 Å². The highest BCUT2D eigenvalue weighted by Crippen LogP contribution is 2.29. The van der Waals surface area contributed by atoms with Gasteiger partial charge < -0.3 is 0 Å². The Kier molecular flexibility index (Phi) is 1.85. The Morgan fingerprint density at radius 2 is 1.77 bits per heavy atom. The number of terminal acetylenes is 1. The van der Waals surface area contributed by atoms with Crippen molar-refractivity contribution in [1.82, 2.24) is 9.55 Å². The Morgan fingerprint density at radius 3 is 1.92 bits per heavy atom. The third-order valence-corrected chi connectivity index (χ3v) is 1.87. The van der Waals surface area contributed by atoms with Gasteiger partial charge in [0.1, 0.15) is 6.33 Å². The molecule has 1 heterocycles. The summed E-state index contributed by atoms with van der Waals surface area (Å²) in [6, 6.07) is 10.8. The summed E-state index contributed by atoms with van der Waals surface area (Å²) in [4.78, 5) is 3.71. The van der Waals surface area contributed by atoms with Crippen LogP contribution in [-0.2, 0) is 0 Å². The van der Waals surface area contributed by atoms with Crippen LogP contribution in [0.3, 0.4) is 0 Å². The maximum Gasteiger partial charge on any atom is 0.106 e. The molecular formula is C11H8N2. The molecule has 13 heavy (non-hydrogen) atoms. The van der Waals surface area contributed by atoms with Crippen LogP contribution in [0, 0.1) is 12.5 Å². The third kappa shape index (κ3) is 1.45. The summed E-state index contributed by atoms with van der Waals surface area (Å²) >= 11 is 0.